The lowest BCUT2D eigenvalue weighted by atomic mass is 10.2. The summed E-state index contributed by atoms with van der Waals surface area (Å²) in [6.45, 7) is 5.95. The number of morpholine rings is 1. The Kier molecular flexibility index (Phi) is 7.71. The van der Waals surface area contributed by atoms with Crippen molar-refractivity contribution in [2.45, 2.75) is 25.7 Å². The monoisotopic (exact) mass is 367 g/mol. The van der Waals surface area contributed by atoms with Crippen LogP contribution in [0.2, 0.25) is 0 Å². The highest BCUT2D eigenvalue weighted by Gasteiger charge is 2.23. The Hall–Kier alpha value is -1.60. The van der Waals surface area contributed by atoms with Crippen molar-refractivity contribution in [3.63, 3.8) is 0 Å². The molecule has 2 aromatic rings. The topological polar surface area (TPSA) is 59.8 Å². The first-order valence-electron chi connectivity index (χ1n) is 8.38. The minimum absolute atomic E-state index is 0. The molecule has 1 saturated heterocycles. The number of β-amino-alcohol motifs (C(OH)–C–C–N with tert-alkyl or cyclic N) is 1. The summed E-state index contributed by atoms with van der Waals surface area (Å²) in [5.41, 5.74) is 1.15. The molecule has 2 unspecified atom stereocenters. The van der Waals surface area contributed by atoms with Crippen LogP contribution in [0.4, 0.5) is 0 Å². The molecular weight excluding hydrogens is 342 g/mol. The van der Waals surface area contributed by atoms with Gasteiger partial charge in [-0.3, -0.25) is 9.58 Å². The normalized spacial score (nSPS) is 19.2. The number of hydrogen-bond acceptors (Lipinski definition) is 5. The largest absolute Gasteiger partial charge is 0.491 e. The Morgan fingerprint density at radius 3 is 2.88 bits per heavy atom. The van der Waals surface area contributed by atoms with E-state index in [1.807, 2.05) is 54.3 Å². The predicted molar refractivity (Wildman–Crippen MR) is 98.3 cm³/mol. The molecule has 1 N–H and O–H groups in total. The average molecular weight is 368 g/mol. The van der Waals surface area contributed by atoms with E-state index in [-0.39, 0.29) is 18.5 Å². The molecule has 3 rings (SSSR count). The van der Waals surface area contributed by atoms with Crippen LogP contribution >= 0.6 is 12.4 Å². The SMILES string of the molecule is Cc1cnn(CC2CN(CC(O)COc3ccccc3)CCO2)c1.Cl. The smallest absolute Gasteiger partial charge is 0.119 e. The van der Waals surface area contributed by atoms with Crippen molar-refractivity contribution in [1.82, 2.24) is 14.7 Å². The lowest BCUT2D eigenvalue weighted by Crippen LogP contribution is -2.47. The van der Waals surface area contributed by atoms with Gasteiger partial charge in [0.25, 0.3) is 0 Å². The van der Waals surface area contributed by atoms with Crippen LogP contribution in [0.1, 0.15) is 5.56 Å². The number of aliphatic hydroxyl groups is 1. The fourth-order valence-electron chi connectivity index (χ4n) is 2.89. The van der Waals surface area contributed by atoms with Gasteiger partial charge in [0.15, 0.2) is 0 Å². The second-order valence-corrected chi connectivity index (χ2v) is 6.27. The van der Waals surface area contributed by atoms with E-state index in [9.17, 15) is 5.11 Å². The van der Waals surface area contributed by atoms with E-state index in [0.717, 1.165) is 30.9 Å². The summed E-state index contributed by atoms with van der Waals surface area (Å²) >= 11 is 0. The van der Waals surface area contributed by atoms with Crippen molar-refractivity contribution in [2.75, 3.05) is 32.8 Å². The summed E-state index contributed by atoms with van der Waals surface area (Å²) in [4.78, 5) is 2.23. The van der Waals surface area contributed by atoms with Crippen molar-refractivity contribution in [1.29, 1.82) is 0 Å². The van der Waals surface area contributed by atoms with Gasteiger partial charge in [0.05, 0.1) is 25.5 Å². The summed E-state index contributed by atoms with van der Waals surface area (Å²) in [6.07, 6.45) is 3.45. The molecule has 2 heterocycles. The Morgan fingerprint density at radius 1 is 1.36 bits per heavy atom. The minimum Gasteiger partial charge on any atom is -0.491 e. The van der Waals surface area contributed by atoms with E-state index in [1.54, 1.807) is 0 Å². The molecule has 25 heavy (non-hydrogen) atoms. The van der Waals surface area contributed by atoms with Gasteiger partial charge in [-0.05, 0) is 24.6 Å². The van der Waals surface area contributed by atoms with Crippen molar-refractivity contribution < 1.29 is 14.6 Å². The van der Waals surface area contributed by atoms with Crippen LogP contribution in [-0.2, 0) is 11.3 Å². The molecule has 1 fully saturated rings. The fourth-order valence-corrected chi connectivity index (χ4v) is 2.89. The second-order valence-electron chi connectivity index (χ2n) is 6.27. The van der Waals surface area contributed by atoms with Gasteiger partial charge >= 0.3 is 0 Å². The van der Waals surface area contributed by atoms with Gasteiger partial charge in [-0.1, -0.05) is 18.2 Å². The molecule has 1 aliphatic heterocycles. The van der Waals surface area contributed by atoms with Gasteiger partial charge in [-0.2, -0.15) is 5.10 Å². The third-order valence-electron chi connectivity index (χ3n) is 4.03. The van der Waals surface area contributed by atoms with Crippen molar-refractivity contribution in [2.24, 2.45) is 0 Å². The maximum Gasteiger partial charge on any atom is 0.119 e. The van der Waals surface area contributed by atoms with Gasteiger partial charge in [-0.15, -0.1) is 12.4 Å². The molecule has 138 valence electrons. The lowest BCUT2D eigenvalue weighted by molar-refractivity contribution is -0.0517. The van der Waals surface area contributed by atoms with Crippen LogP contribution in [0.15, 0.2) is 42.7 Å². The highest BCUT2D eigenvalue weighted by Crippen LogP contribution is 2.11. The molecule has 0 aliphatic carbocycles. The summed E-state index contributed by atoms with van der Waals surface area (Å²) in [5, 5.41) is 14.5. The zero-order valence-electron chi connectivity index (χ0n) is 14.5. The molecule has 0 bridgehead atoms. The standard InChI is InChI=1S/C18H25N3O3.ClH/c1-15-9-19-21(10-15)13-18-12-20(7-8-23-18)11-16(22)14-24-17-5-3-2-4-6-17;/h2-6,9-10,16,18,22H,7-8,11-14H2,1H3;1H. The molecule has 0 spiro atoms. The van der Waals surface area contributed by atoms with Crippen LogP contribution in [0.25, 0.3) is 0 Å². The molecule has 1 aromatic carbocycles. The molecule has 1 aromatic heterocycles. The van der Waals surface area contributed by atoms with Gasteiger partial charge in [-0.25, -0.2) is 0 Å². The molecule has 2 atom stereocenters. The number of para-hydroxylation sites is 1. The molecule has 6 nitrogen and oxygen atoms in total. The first kappa shape index (κ1) is 19.7. The molecule has 0 radical (unpaired) electrons. The molecule has 0 amide bonds. The Bertz CT molecular complexity index is 623. The third-order valence-corrected chi connectivity index (χ3v) is 4.03. The summed E-state index contributed by atoms with van der Waals surface area (Å²) in [5.74, 6) is 0.783. The maximum atomic E-state index is 10.2. The van der Waals surface area contributed by atoms with Crippen LogP contribution in [0.3, 0.4) is 0 Å². The zero-order chi connectivity index (χ0) is 16.8. The summed E-state index contributed by atoms with van der Waals surface area (Å²) in [7, 11) is 0. The van der Waals surface area contributed by atoms with E-state index in [1.165, 1.54) is 0 Å². The van der Waals surface area contributed by atoms with E-state index in [2.05, 4.69) is 10.00 Å². The number of aliphatic hydroxyl groups excluding tert-OH is 1. The van der Waals surface area contributed by atoms with E-state index >= 15 is 0 Å². The van der Waals surface area contributed by atoms with E-state index in [4.69, 9.17) is 9.47 Å². The number of ether oxygens (including phenoxy) is 2. The fraction of sp³-hybridized carbons (Fsp3) is 0.500. The number of benzene rings is 1. The number of rotatable bonds is 7. The van der Waals surface area contributed by atoms with E-state index in [0.29, 0.717) is 19.8 Å². The number of halogens is 1. The Morgan fingerprint density at radius 2 is 2.16 bits per heavy atom. The molecular formula is C18H26ClN3O3. The number of nitrogens with zero attached hydrogens (tertiary/aromatic N) is 3. The zero-order valence-corrected chi connectivity index (χ0v) is 15.3. The lowest BCUT2D eigenvalue weighted by Gasteiger charge is -2.33. The van der Waals surface area contributed by atoms with Crippen molar-refractivity contribution in [3.05, 3.63) is 48.3 Å². The molecule has 0 saturated carbocycles. The second kappa shape index (κ2) is 9.77. The predicted octanol–water partition coefficient (Wildman–Crippen LogP) is 1.75. The maximum absolute atomic E-state index is 10.2. The highest BCUT2D eigenvalue weighted by atomic mass is 35.5. The van der Waals surface area contributed by atoms with E-state index < -0.39 is 6.10 Å². The van der Waals surface area contributed by atoms with Crippen molar-refractivity contribution >= 4 is 12.4 Å². The van der Waals surface area contributed by atoms with Gasteiger partial charge < -0.3 is 14.6 Å². The third kappa shape index (κ3) is 6.32. The van der Waals surface area contributed by atoms with Crippen molar-refractivity contribution in [3.8, 4) is 5.75 Å². The summed E-state index contributed by atoms with van der Waals surface area (Å²) in [6, 6.07) is 9.57. The minimum atomic E-state index is -0.518. The first-order valence-corrected chi connectivity index (χ1v) is 8.38. The van der Waals surface area contributed by atoms with Gasteiger partial charge in [0.2, 0.25) is 0 Å². The Labute approximate surface area is 154 Å². The van der Waals surface area contributed by atoms with Crippen LogP contribution in [-0.4, -0.2) is 64.8 Å². The average Bonchev–Trinajstić information content (AvgIpc) is 2.99. The number of aryl methyl sites for hydroxylation is 1. The first-order chi connectivity index (χ1) is 11.7. The Balaban J connectivity index is 0.00000225. The molecule has 1 aliphatic rings. The number of aromatic nitrogens is 2. The summed E-state index contributed by atoms with van der Waals surface area (Å²) < 4.78 is 13.3. The van der Waals surface area contributed by atoms with Crippen LogP contribution in [0, 0.1) is 6.92 Å². The molecule has 7 heteroatoms. The van der Waals surface area contributed by atoms with Crippen LogP contribution in [0.5, 0.6) is 5.75 Å². The quantitative estimate of drug-likeness (QED) is 0.808. The number of hydrogen-bond donors (Lipinski definition) is 1. The van der Waals surface area contributed by atoms with Crippen LogP contribution < -0.4 is 4.74 Å². The highest BCUT2D eigenvalue weighted by molar-refractivity contribution is 5.85. The van der Waals surface area contributed by atoms with Gasteiger partial charge in [0, 0.05) is 25.8 Å². The van der Waals surface area contributed by atoms with Gasteiger partial charge in [0.1, 0.15) is 18.5 Å².